The predicted octanol–water partition coefficient (Wildman–Crippen LogP) is 0.588. The second-order valence-electron chi connectivity index (χ2n) is 6.00. The molecule has 0 saturated heterocycles. The fourth-order valence-electron chi connectivity index (χ4n) is 2.36. The highest BCUT2D eigenvalue weighted by Gasteiger charge is 2.31. The molecule has 0 spiro atoms. The summed E-state index contributed by atoms with van der Waals surface area (Å²) < 4.78 is 28.9. The third kappa shape index (κ3) is 4.21. The van der Waals surface area contributed by atoms with E-state index >= 15 is 0 Å². The number of nitrogens with one attached hydrogen (secondary N) is 2. The van der Waals surface area contributed by atoms with Crippen LogP contribution in [0.5, 0.6) is 0 Å². The van der Waals surface area contributed by atoms with Crippen molar-refractivity contribution in [2.45, 2.75) is 36.2 Å². The highest BCUT2D eigenvalue weighted by Crippen LogP contribution is 2.19. The summed E-state index contributed by atoms with van der Waals surface area (Å²) in [6.45, 7) is 0. The molecule has 8 heteroatoms. The normalized spacial score (nSPS) is 15.9. The van der Waals surface area contributed by atoms with Crippen LogP contribution in [-0.2, 0) is 28.3 Å². The van der Waals surface area contributed by atoms with Gasteiger partial charge >= 0.3 is 0 Å². The Morgan fingerprint density at radius 2 is 2.04 bits per heavy atom. The van der Waals surface area contributed by atoms with Crippen LogP contribution < -0.4 is 10.0 Å². The van der Waals surface area contributed by atoms with E-state index in [0.29, 0.717) is 6.42 Å². The maximum Gasteiger partial charge on any atom is 0.244 e. The largest absolute Gasteiger partial charge is 0.352 e. The first-order valence-corrected chi connectivity index (χ1v) is 9.27. The van der Waals surface area contributed by atoms with Crippen molar-refractivity contribution in [2.24, 2.45) is 7.05 Å². The molecule has 1 fully saturated rings. The van der Waals surface area contributed by atoms with Crippen LogP contribution in [0.1, 0.15) is 18.4 Å². The molecule has 1 aliphatic rings. The maximum atomic E-state index is 12.5. The standard InChI is InChI=1S/C16H20N4O3S/c1-20-11-14(10-17-20)24(22,23)19-15(16(21)18-13-7-8-13)9-12-5-3-2-4-6-12/h2-6,10-11,13,15,19H,7-9H2,1H3,(H,18,21)/t15-/m1/s1. The zero-order chi connectivity index (χ0) is 17.2. The van der Waals surface area contributed by atoms with Crippen LogP contribution in [0, 0.1) is 0 Å². The monoisotopic (exact) mass is 348 g/mol. The molecule has 0 aliphatic heterocycles. The minimum atomic E-state index is -3.81. The molecule has 3 rings (SSSR count). The van der Waals surface area contributed by atoms with Crippen molar-refractivity contribution in [3.05, 3.63) is 48.3 Å². The maximum absolute atomic E-state index is 12.5. The molecular formula is C16H20N4O3S. The topological polar surface area (TPSA) is 93.1 Å². The van der Waals surface area contributed by atoms with E-state index in [9.17, 15) is 13.2 Å². The lowest BCUT2D eigenvalue weighted by Crippen LogP contribution is -2.48. The molecule has 2 N–H and O–H groups in total. The van der Waals surface area contributed by atoms with E-state index in [4.69, 9.17) is 0 Å². The third-order valence-corrected chi connectivity index (χ3v) is 5.24. The highest BCUT2D eigenvalue weighted by molar-refractivity contribution is 7.89. The Labute approximate surface area is 141 Å². The summed E-state index contributed by atoms with van der Waals surface area (Å²) in [6, 6.07) is 8.65. The van der Waals surface area contributed by atoms with Gasteiger partial charge in [-0.25, -0.2) is 8.42 Å². The molecule has 2 aromatic rings. The first-order valence-electron chi connectivity index (χ1n) is 7.79. The molecule has 7 nitrogen and oxygen atoms in total. The lowest BCUT2D eigenvalue weighted by molar-refractivity contribution is -0.122. The van der Waals surface area contributed by atoms with Gasteiger partial charge in [0.25, 0.3) is 0 Å². The predicted molar refractivity (Wildman–Crippen MR) is 88.6 cm³/mol. The van der Waals surface area contributed by atoms with Gasteiger partial charge in [0, 0.05) is 19.3 Å². The third-order valence-electron chi connectivity index (χ3n) is 3.81. The summed E-state index contributed by atoms with van der Waals surface area (Å²) >= 11 is 0. The van der Waals surface area contributed by atoms with Crippen LogP contribution >= 0.6 is 0 Å². The zero-order valence-electron chi connectivity index (χ0n) is 13.3. The van der Waals surface area contributed by atoms with E-state index in [1.54, 1.807) is 7.05 Å². The lowest BCUT2D eigenvalue weighted by atomic mass is 10.1. The van der Waals surface area contributed by atoms with Crippen LogP contribution in [0.2, 0.25) is 0 Å². The number of rotatable bonds is 7. The van der Waals surface area contributed by atoms with Crippen LogP contribution in [0.3, 0.4) is 0 Å². The van der Waals surface area contributed by atoms with Crippen molar-refractivity contribution < 1.29 is 13.2 Å². The molecule has 1 amide bonds. The molecule has 1 saturated carbocycles. The van der Waals surface area contributed by atoms with Gasteiger partial charge in [0.15, 0.2) is 0 Å². The summed E-state index contributed by atoms with van der Waals surface area (Å²) in [6.07, 6.45) is 4.85. The summed E-state index contributed by atoms with van der Waals surface area (Å²) in [7, 11) is -2.17. The van der Waals surface area contributed by atoms with Crippen LogP contribution in [-0.4, -0.2) is 36.2 Å². The second kappa shape index (κ2) is 6.74. The average Bonchev–Trinajstić information content (AvgIpc) is 3.24. The summed E-state index contributed by atoms with van der Waals surface area (Å²) in [4.78, 5) is 12.5. The van der Waals surface area contributed by atoms with Crippen LogP contribution in [0.4, 0.5) is 0 Å². The quantitative estimate of drug-likeness (QED) is 0.766. The number of sulfonamides is 1. The molecule has 128 valence electrons. The molecule has 0 bridgehead atoms. The number of benzene rings is 1. The Bertz CT molecular complexity index is 813. The van der Waals surface area contributed by atoms with Gasteiger partial charge < -0.3 is 5.32 Å². The molecule has 1 heterocycles. The molecule has 1 aliphatic carbocycles. The number of carbonyl (C=O) groups is 1. The van der Waals surface area contributed by atoms with Gasteiger partial charge in [-0.1, -0.05) is 30.3 Å². The number of nitrogens with zero attached hydrogens (tertiary/aromatic N) is 2. The van der Waals surface area contributed by atoms with E-state index in [2.05, 4.69) is 15.1 Å². The van der Waals surface area contributed by atoms with Crippen molar-refractivity contribution in [3.63, 3.8) is 0 Å². The van der Waals surface area contributed by atoms with Crippen LogP contribution in [0.25, 0.3) is 0 Å². The summed E-state index contributed by atoms with van der Waals surface area (Å²) in [5.74, 6) is -0.297. The molecule has 0 unspecified atom stereocenters. The fourth-order valence-corrected chi connectivity index (χ4v) is 3.54. The van der Waals surface area contributed by atoms with Crippen molar-refractivity contribution in [2.75, 3.05) is 0 Å². The van der Waals surface area contributed by atoms with Crippen molar-refractivity contribution in [1.29, 1.82) is 0 Å². The SMILES string of the molecule is Cn1cc(S(=O)(=O)N[C@H](Cc2ccccc2)C(=O)NC2CC2)cn1. The van der Waals surface area contributed by atoms with Gasteiger partial charge in [-0.3, -0.25) is 9.48 Å². The van der Waals surface area contributed by atoms with Gasteiger partial charge in [-0.15, -0.1) is 0 Å². The number of aromatic nitrogens is 2. The van der Waals surface area contributed by atoms with Gasteiger partial charge in [-0.2, -0.15) is 9.82 Å². The summed E-state index contributed by atoms with van der Waals surface area (Å²) in [5.41, 5.74) is 0.891. The van der Waals surface area contributed by atoms with E-state index in [1.165, 1.54) is 17.1 Å². The zero-order valence-corrected chi connectivity index (χ0v) is 14.2. The number of hydrogen-bond donors (Lipinski definition) is 2. The Balaban J connectivity index is 1.79. The molecule has 1 aromatic heterocycles. The first-order chi connectivity index (χ1) is 11.4. The van der Waals surface area contributed by atoms with E-state index in [1.807, 2.05) is 30.3 Å². The number of carbonyl (C=O) groups excluding carboxylic acids is 1. The van der Waals surface area contributed by atoms with E-state index in [0.717, 1.165) is 18.4 Å². The van der Waals surface area contributed by atoms with E-state index < -0.39 is 16.1 Å². The molecule has 1 aromatic carbocycles. The number of aryl methyl sites for hydroxylation is 1. The summed E-state index contributed by atoms with van der Waals surface area (Å²) in [5, 5.41) is 6.74. The Kier molecular flexibility index (Phi) is 4.68. The minimum absolute atomic E-state index is 0.0438. The van der Waals surface area contributed by atoms with Gasteiger partial charge in [0.05, 0.1) is 6.20 Å². The number of amides is 1. The number of hydrogen-bond acceptors (Lipinski definition) is 4. The van der Waals surface area contributed by atoms with Crippen molar-refractivity contribution in [3.8, 4) is 0 Å². The smallest absolute Gasteiger partial charge is 0.244 e. The Morgan fingerprint density at radius 1 is 1.33 bits per heavy atom. The highest BCUT2D eigenvalue weighted by atomic mass is 32.2. The Hall–Kier alpha value is -2.19. The van der Waals surface area contributed by atoms with Gasteiger partial charge in [0.2, 0.25) is 15.9 Å². The van der Waals surface area contributed by atoms with Crippen molar-refractivity contribution in [1.82, 2.24) is 19.8 Å². The Morgan fingerprint density at radius 3 is 2.62 bits per heavy atom. The molecule has 1 atom stereocenters. The van der Waals surface area contributed by atoms with Gasteiger partial charge in [0.1, 0.15) is 10.9 Å². The molecular weight excluding hydrogens is 328 g/mol. The first kappa shape index (κ1) is 16.7. The lowest BCUT2D eigenvalue weighted by Gasteiger charge is -2.18. The van der Waals surface area contributed by atoms with Gasteiger partial charge in [-0.05, 0) is 24.8 Å². The van der Waals surface area contributed by atoms with E-state index in [-0.39, 0.29) is 16.8 Å². The van der Waals surface area contributed by atoms with Crippen molar-refractivity contribution >= 4 is 15.9 Å². The average molecular weight is 348 g/mol. The minimum Gasteiger partial charge on any atom is -0.352 e. The fraction of sp³-hybridized carbons (Fsp3) is 0.375. The molecule has 24 heavy (non-hydrogen) atoms. The second-order valence-corrected chi connectivity index (χ2v) is 7.71. The van der Waals surface area contributed by atoms with Crippen LogP contribution in [0.15, 0.2) is 47.6 Å². The molecule has 0 radical (unpaired) electrons.